The monoisotopic (exact) mass is 271 g/mol. The molecule has 1 aliphatic rings. The van der Waals surface area contributed by atoms with Crippen LogP contribution in [0.25, 0.3) is 0 Å². The van der Waals surface area contributed by atoms with Gasteiger partial charge in [0.15, 0.2) is 11.5 Å². The highest BCUT2D eigenvalue weighted by Crippen LogP contribution is 2.19. The van der Waals surface area contributed by atoms with Gasteiger partial charge in [-0.05, 0) is 26.3 Å². The number of carbonyl (C=O) groups excluding carboxylic acids is 2. The number of nitrogens with zero attached hydrogens (tertiary/aromatic N) is 1. The number of ether oxygens (including phenoxy) is 1. The first kappa shape index (κ1) is 14.2. The van der Waals surface area contributed by atoms with Gasteiger partial charge in [0.2, 0.25) is 0 Å². The average Bonchev–Trinajstić information content (AvgIpc) is 2.42. The molecule has 1 aromatic rings. The highest BCUT2D eigenvalue weighted by Gasteiger charge is 2.28. The fourth-order valence-electron chi connectivity index (χ4n) is 1.99. The molecule has 1 atom stereocenters. The molecule has 4 heteroatoms. The van der Waals surface area contributed by atoms with Gasteiger partial charge >= 0.3 is 5.97 Å². The number of hydrogen-bond acceptors (Lipinski definition) is 4. The van der Waals surface area contributed by atoms with Gasteiger partial charge in [0.1, 0.15) is 6.10 Å². The molecule has 0 saturated heterocycles. The number of Topliss-reactive ketones (excluding diaryl/α,β-unsaturated/α-hetero) is 1. The molecule has 1 aromatic carbocycles. The lowest BCUT2D eigenvalue weighted by Gasteiger charge is -2.23. The largest absolute Gasteiger partial charge is 0.451 e. The third-order valence-corrected chi connectivity index (χ3v) is 3.34. The number of aliphatic imine (C=N–C) groups is 1. The van der Waals surface area contributed by atoms with Crippen LogP contribution in [0.1, 0.15) is 26.3 Å². The van der Waals surface area contributed by atoms with Crippen molar-refractivity contribution in [1.29, 1.82) is 0 Å². The molecule has 0 radical (unpaired) electrons. The topological polar surface area (TPSA) is 55.7 Å². The van der Waals surface area contributed by atoms with Crippen molar-refractivity contribution in [3.05, 3.63) is 47.2 Å². The Morgan fingerprint density at radius 3 is 2.50 bits per heavy atom. The quantitative estimate of drug-likeness (QED) is 0.627. The van der Waals surface area contributed by atoms with Crippen molar-refractivity contribution in [1.82, 2.24) is 0 Å². The van der Waals surface area contributed by atoms with Crippen LogP contribution in [0.5, 0.6) is 0 Å². The summed E-state index contributed by atoms with van der Waals surface area (Å²) in [6, 6.07) is 9.78. The van der Waals surface area contributed by atoms with E-state index in [0.29, 0.717) is 17.7 Å². The van der Waals surface area contributed by atoms with Gasteiger partial charge in [-0.25, -0.2) is 9.79 Å². The molecule has 0 saturated carbocycles. The smallest absolute Gasteiger partial charge is 0.357 e. The maximum Gasteiger partial charge on any atom is 0.357 e. The Balaban J connectivity index is 2.25. The normalized spacial score (nSPS) is 21.1. The van der Waals surface area contributed by atoms with Crippen LogP contribution >= 0.6 is 0 Å². The van der Waals surface area contributed by atoms with E-state index in [2.05, 4.69) is 4.99 Å². The summed E-state index contributed by atoms with van der Waals surface area (Å²) in [6.45, 7) is 4.82. The van der Waals surface area contributed by atoms with E-state index in [4.69, 9.17) is 4.74 Å². The molecule has 2 rings (SSSR count). The molecule has 1 heterocycles. The fourth-order valence-corrected chi connectivity index (χ4v) is 1.99. The number of carbonyl (C=O) groups is 2. The van der Waals surface area contributed by atoms with Crippen LogP contribution in [0.15, 0.2) is 46.6 Å². The Morgan fingerprint density at radius 2 is 1.90 bits per heavy atom. The van der Waals surface area contributed by atoms with E-state index in [-0.39, 0.29) is 17.6 Å². The number of cyclic esters (lactones) is 1. The summed E-state index contributed by atoms with van der Waals surface area (Å²) >= 11 is 0. The van der Waals surface area contributed by atoms with Crippen LogP contribution in [-0.2, 0) is 20.7 Å². The summed E-state index contributed by atoms with van der Waals surface area (Å²) in [7, 11) is 0. The third kappa shape index (κ3) is 3.02. The van der Waals surface area contributed by atoms with Crippen molar-refractivity contribution in [2.45, 2.75) is 33.3 Å². The minimum atomic E-state index is -0.524. The van der Waals surface area contributed by atoms with E-state index >= 15 is 0 Å². The molecule has 20 heavy (non-hydrogen) atoms. The molecule has 0 bridgehead atoms. The van der Waals surface area contributed by atoms with Gasteiger partial charge in [-0.2, -0.15) is 0 Å². The van der Waals surface area contributed by atoms with Gasteiger partial charge in [-0.1, -0.05) is 30.3 Å². The Morgan fingerprint density at radius 1 is 1.25 bits per heavy atom. The fraction of sp³-hybridized carbons (Fsp3) is 0.312. The van der Waals surface area contributed by atoms with E-state index in [1.807, 2.05) is 37.3 Å². The lowest BCUT2D eigenvalue weighted by atomic mass is 10.0. The van der Waals surface area contributed by atoms with Crippen LogP contribution in [0, 0.1) is 0 Å². The first-order valence-corrected chi connectivity index (χ1v) is 6.51. The Hall–Kier alpha value is -2.23. The average molecular weight is 271 g/mol. The van der Waals surface area contributed by atoms with Crippen molar-refractivity contribution >= 4 is 17.5 Å². The van der Waals surface area contributed by atoms with Crippen LogP contribution in [0.4, 0.5) is 0 Å². The van der Waals surface area contributed by atoms with Crippen LogP contribution in [0.2, 0.25) is 0 Å². The van der Waals surface area contributed by atoms with Crippen molar-refractivity contribution < 1.29 is 14.3 Å². The number of allylic oxidation sites excluding steroid dienone is 1. The van der Waals surface area contributed by atoms with Crippen LogP contribution in [-0.4, -0.2) is 23.6 Å². The SMILES string of the molecule is CC(=O)/C(C)=C1/N=C(C)[C@H](Cc2ccccc2)OC1=O. The summed E-state index contributed by atoms with van der Waals surface area (Å²) < 4.78 is 5.41. The molecule has 0 aromatic heterocycles. The van der Waals surface area contributed by atoms with Crippen LogP contribution < -0.4 is 0 Å². The predicted octanol–water partition coefficient (Wildman–Crippen LogP) is 2.48. The minimum absolute atomic E-state index is 0.124. The van der Waals surface area contributed by atoms with Gasteiger partial charge in [-0.15, -0.1) is 0 Å². The van der Waals surface area contributed by atoms with E-state index in [1.54, 1.807) is 6.92 Å². The molecule has 4 nitrogen and oxygen atoms in total. The maximum absolute atomic E-state index is 11.9. The summed E-state index contributed by atoms with van der Waals surface area (Å²) in [6.07, 6.45) is 0.224. The molecule has 0 aliphatic carbocycles. The standard InChI is InChI=1S/C16H17NO3/c1-10(12(3)18)15-16(19)20-14(11(2)17-15)9-13-7-5-4-6-8-13/h4-8,14H,9H2,1-3H3/b15-10+/t14-/m0/s1. The Labute approximate surface area is 118 Å². The van der Waals surface area contributed by atoms with E-state index in [0.717, 1.165) is 5.56 Å². The zero-order valence-electron chi connectivity index (χ0n) is 11.8. The first-order chi connectivity index (χ1) is 9.49. The molecule has 1 aliphatic heterocycles. The van der Waals surface area contributed by atoms with Crippen molar-refractivity contribution in [3.63, 3.8) is 0 Å². The maximum atomic E-state index is 11.9. The number of hydrogen-bond donors (Lipinski definition) is 0. The number of benzene rings is 1. The second kappa shape index (κ2) is 5.82. The predicted molar refractivity (Wildman–Crippen MR) is 76.5 cm³/mol. The number of rotatable bonds is 3. The molecule has 0 fully saturated rings. The highest BCUT2D eigenvalue weighted by atomic mass is 16.5. The molecular weight excluding hydrogens is 254 g/mol. The minimum Gasteiger partial charge on any atom is -0.451 e. The summed E-state index contributed by atoms with van der Waals surface area (Å²) in [4.78, 5) is 27.5. The van der Waals surface area contributed by atoms with E-state index in [9.17, 15) is 9.59 Å². The van der Waals surface area contributed by atoms with Gasteiger partial charge < -0.3 is 4.74 Å². The van der Waals surface area contributed by atoms with Crippen LogP contribution in [0.3, 0.4) is 0 Å². The zero-order valence-corrected chi connectivity index (χ0v) is 11.8. The Kier molecular flexibility index (Phi) is 4.13. The highest BCUT2D eigenvalue weighted by molar-refractivity contribution is 6.06. The van der Waals surface area contributed by atoms with Gasteiger partial charge in [0, 0.05) is 12.0 Å². The molecule has 0 N–H and O–H groups in total. The lowest BCUT2D eigenvalue weighted by molar-refractivity contribution is -0.142. The van der Waals surface area contributed by atoms with E-state index < -0.39 is 5.97 Å². The summed E-state index contributed by atoms with van der Waals surface area (Å²) in [5.74, 6) is -0.695. The number of esters is 1. The molecule has 0 spiro atoms. The first-order valence-electron chi connectivity index (χ1n) is 6.51. The molecule has 104 valence electrons. The van der Waals surface area contributed by atoms with Gasteiger partial charge in [-0.3, -0.25) is 4.79 Å². The lowest BCUT2D eigenvalue weighted by Crippen LogP contribution is -2.33. The molecule has 0 amide bonds. The zero-order chi connectivity index (χ0) is 14.7. The van der Waals surface area contributed by atoms with Gasteiger partial charge in [0.25, 0.3) is 0 Å². The van der Waals surface area contributed by atoms with Crippen molar-refractivity contribution in [2.24, 2.45) is 4.99 Å². The summed E-state index contributed by atoms with van der Waals surface area (Å²) in [5.41, 5.74) is 2.26. The summed E-state index contributed by atoms with van der Waals surface area (Å²) in [5, 5.41) is 0. The third-order valence-electron chi connectivity index (χ3n) is 3.34. The van der Waals surface area contributed by atoms with E-state index in [1.165, 1.54) is 6.92 Å². The van der Waals surface area contributed by atoms with Crippen molar-refractivity contribution in [3.8, 4) is 0 Å². The second-order valence-electron chi connectivity index (χ2n) is 4.87. The number of ketones is 1. The second-order valence-corrected chi connectivity index (χ2v) is 4.87. The van der Waals surface area contributed by atoms with Crippen molar-refractivity contribution in [2.75, 3.05) is 0 Å². The molecule has 0 unspecified atom stereocenters. The Bertz CT molecular complexity index is 599. The van der Waals surface area contributed by atoms with Gasteiger partial charge in [0.05, 0.1) is 5.71 Å². The molecular formula is C16H17NO3.